The molecule has 0 aliphatic heterocycles. The van der Waals surface area contributed by atoms with Crippen molar-refractivity contribution in [1.29, 1.82) is 0 Å². The van der Waals surface area contributed by atoms with Crippen molar-refractivity contribution in [3.8, 4) is 5.75 Å². The fourth-order valence-corrected chi connectivity index (χ4v) is 2.36. The van der Waals surface area contributed by atoms with E-state index < -0.39 is 11.8 Å². The molecule has 6 nitrogen and oxygen atoms in total. The predicted octanol–water partition coefficient (Wildman–Crippen LogP) is 2.96. The molecule has 0 N–H and O–H groups in total. The maximum atomic E-state index is 13.6. The van der Waals surface area contributed by atoms with Gasteiger partial charge in [-0.3, -0.25) is 0 Å². The van der Waals surface area contributed by atoms with Gasteiger partial charge in [-0.15, -0.1) is 5.10 Å². The van der Waals surface area contributed by atoms with Gasteiger partial charge < -0.3 is 9.47 Å². The second-order valence-electron chi connectivity index (χ2n) is 5.15. The zero-order chi connectivity index (χ0) is 17.1. The number of benzene rings is 2. The lowest BCUT2D eigenvalue weighted by atomic mass is 10.2. The highest BCUT2D eigenvalue weighted by Gasteiger charge is 2.12. The molecule has 7 heteroatoms. The van der Waals surface area contributed by atoms with E-state index >= 15 is 0 Å². The van der Waals surface area contributed by atoms with Crippen molar-refractivity contribution in [2.75, 3.05) is 7.11 Å². The summed E-state index contributed by atoms with van der Waals surface area (Å²) in [5, 5.41) is 8.02. The lowest BCUT2D eigenvalue weighted by Crippen LogP contribution is -2.05. The average molecular weight is 329 g/mol. The van der Waals surface area contributed by atoms with Crippen molar-refractivity contribution >= 4 is 17.0 Å². The molecule has 0 fully saturated rings. The first-order chi connectivity index (χ1) is 11.6. The molecule has 0 amide bonds. The van der Waals surface area contributed by atoms with E-state index in [1.807, 2.05) is 6.92 Å². The molecule has 0 atom stereocenters. The third-order valence-corrected chi connectivity index (χ3v) is 3.64. The smallest absolute Gasteiger partial charge is 0.338 e. The van der Waals surface area contributed by atoms with Crippen LogP contribution in [0.2, 0.25) is 0 Å². The first-order valence-corrected chi connectivity index (χ1v) is 7.45. The standard InChI is InChI=1S/C17H16FN3O3/c1-3-21-15-6-5-12(9-14(15)19-20-21)17(22)24-10-11-4-7-16(23-2)13(18)8-11/h4-9H,3,10H2,1-2H3. The molecule has 0 radical (unpaired) electrons. The molecule has 3 aromatic rings. The van der Waals surface area contributed by atoms with Gasteiger partial charge in [0.15, 0.2) is 11.6 Å². The Kier molecular flexibility index (Phi) is 4.41. The Labute approximate surface area is 137 Å². The van der Waals surface area contributed by atoms with E-state index in [9.17, 15) is 9.18 Å². The fraction of sp³-hybridized carbons (Fsp3) is 0.235. The van der Waals surface area contributed by atoms with Gasteiger partial charge in [0.25, 0.3) is 0 Å². The highest BCUT2D eigenvalue weighted by Crippen LogP contribution is 2.19. The van der Waals surface area contributed by atoms with E-state index in [0.29, 0.717) is 23.2 Å². The number of carbonyl (C=O) groups is 1. The van der Waals surface area contributed by atoms with E-state index in [0.717, 1.165) is 5.52 Å². The summed E-state index contributed by atoms with van der Waals surface area (Å²) in [4.78, 5) is 12.2. The van der Waals surface area contributed by atoms with Crippen LogP contribution in [0.25, 0.3) is 11.0 Å². The van der Waals surface area contributed by atoms with Crippen molar-refractivity contribution < 1.29 is 18.7 Å². The van der Waals surface area contributed by atoms with E-state index in [1.165, 1.54) is 19.2 Å². The number of methoxy groups -OCH3 is 1. The van der Waals surface area contributed by atoms with Crippen LogP contribution in [0.1, 0.15) is 22.8 Å². The number of hydrogen-bond donors (Lipinski definition) is 0. The highest BCUT2D eigenvalue weighted by molar-refractivity contribution is 5.93. The fourth-order valence-electron chi connectivity index (χ4n) is 2.36. The summed E-state index contributed by atoms with van der Waals surface area (Å²) in [6.45, 7) is 2.63. The molecule has 0 saturated heterocycles. The van der Waals surface area contributed by atoms with Gasteiger partial charge in [-0.2, -0.15) is 0 Å². The van der Waals surface area contributed by atoms with Gasteiger partial charge >= 0.3 is 5.97 Å². The molecular formula is C17H16FN3O3. The Morgan fingerprint density at radius 1 is 1.25 bits per heavy atom. The molecule has 3 rings (SSSR count). The van der Waals surface area contributed by atoms with Gasteiger partial charge in [0.2, 0.25) is 0 Å². The van der Waals surface area contributed by atoms with Crippen LogP contribution in [0, 0.1) is 5.82 Å². The molecule has 0 bridgehead atoms. The second-order valence-corrected chi connectivity index (χ2v) is 5.15. The van der Waals surface area contributed by atoms with Crippen molar-refractivity contribution in [2.45, 2.75) is 20.1 Å². The maximum Gasteiger partial charge on any atom is 0.338 e. The van der Waals surface area contributed by atoms with Crippen LogP contribution in [0.4, 0.5) is 4.39 Å². The van der Waals surface area contributed by atoms with Crippen LogP contribution < -0.4 is 4.74 Å². The van der Waals surface area contributed by atoms with E-state index in [1.54, 1.807) is 28.9 Å². The summed E-state index contributed by atoms with van der Waals surface area (Å²) < 4.78 is 25.4. The topological polar surface area (TPSA) is 66.2 Å². The number of ether oxygens (including phenoxy) is 2. The van der Waals surface area contributed by atoms with Gasteiger partial charge in [0, 0.05) is 6.54 Å². The van der Waals surface area contributed by atoms with Crippen LogP contribution in [-0.2, 0) is 17.9 Å². The quantitative estimate of drug-likeness (QED) is 0.673. The summed E-state index contributed by atoms with van der Waals surface area (Å²) in [5.74, 6) is -0.850. The van der Waals surface area contributed by atoms with Crippen LogP contribution in [0.15, 0.2) is 36.4 Å². The maximum absolute atomic E-state index is 13.6. The number of nitrogens with zero attached hydrogens (tertiary/aromatic N) is 3. The van der Waals surface area contributed by atoms with Crippen LogP contribution in [-0.4, -0.2) is 28.1 Å². The first kappa shape index (κ1) is 15.9. The minimum absolute atomic E-state index is 0.0283. The van der Waals surface area contributed by atoms with Crippen molar-refractivity contribution in [1.82, 2.24) is 15.0 Å². The first-order valence-electron chi connectivity index (χ1n) is 7.45. The van der Waals surface area contributed by atoms with Crippen LogP contribution >= 0.6 is 0 Å². The van der Waals surface area contributed by atoms with Gasteiger partial charge in [0.05, 0.1) is 18.2 Å². The molecule has 0 aliphatic carbocycles. The molecule has 0 saturated carbocycles. The average Bonchev–Trinajstić information content (AvgIpc) is 3.02. The van der Waals surface area contributed by atoms with Crippen LogP contribution in [0.3, 0.4) is 0 Å². The molecule has 1 heterocycles. The SMILES string of the molecule is CCn1nnc2cc(C(=O)OCc3ccc(OC)c(F)c3)ccc21. The van der Waals surface area contributed by atoms with E-state index in [2.05, 4.69) is 10.3 Å². The molecular weight excluding hydrogens is 313 g/mol. The van der Waals surface area contributed by atoms with E-state index in [4.69, 9.17) is 9.47 Å². The number of aryl methyl sites for hydroxylation is 1. The van der Waals surface area contributed by atoms with Crippen molar-refractivity contribution in [3.05, 3.63) is 53.3 Å². The second kappa shape index (κ2) is 6.66. The number of fused-ring (bicyclic) bond motifs is 1. The van der Waals surface area contributed by atoms with Crippen molar-refractivity contribution in [2.24, 2.45) is 0 Å². The number of halogens is 1. The molecule has 0 aliphatic rings. The predicted molar refractivity (Wildman–Crippen MR) is 85.3 cm³/mol. The Hall–Kier alpha value is -2.96. The number of esters is 1. The van der Waals surface area contributed by atoms with Gasteiger partial charge in [-0.1, -0.05) is 11.3 Å². The zero-order valence-corrected chi connectivity index (χ0v) is 13.3. The third kappa shape index (κ3) is 3.05. The van der Waals surface area contributed by atoms with Gasteiger partial charge in [-0.25, -0.2) is 13.9 Å². The Balaban J connectivity index is 1.72. The van der Waals surface area contributed by atoms with Gasteiger partial charge in [-0.05, 0) is 42.8 Å². The Morgan fingerprint density at radius 3 is 2.79 bits per heavy atom. The lowest BCUT2D eigenvalue weighted by molar-refractivity contribution is 0.0472. The molecule has 0 unspecified atom stereocenters. The van der Waals surface area contributed by atoms with Crippen molar-refractivity contribution in [3.63, 3.8) is 0 Å². The van der Waals surface area contributed by atoms with E-state index in [-0.39, 0.29) is 12.4 Å². The highest BCUT2D eigenvalue weighted by atomic mass is 19.1. The molecule has 124 valence electrons. The third-order valence-electron chi connectivity index (χ3n) is 3.64. The number of aromatic nitrogens is 3. The Morgan fingerprint density at radius 2 is 2.08 bits per heavy atom. The Bertz CT molecular complexity index is 892. The number of carbonyl (C=O) groups excluding carboxylic acids is 1. The van der Waals surface area contributed by atoms with Crippen LogP contribution in [0.5, 0.6) is 5.75 Å². The molecule has 2 aromatic carbocycles. The summed E-state index contributed by atoms with van der Waals surface area (Å²) in [7, 11) is 1.39. The zero-order valence-electron chi connectivity index (χ0n) is 13.3. The number of rotatable bonds is 5. The summed E-state index contributed by atoms with van der Waals surface area (Å²) in [5.41, 5.74) is 2.40. The van der Waals surface area contributed by atoms with Gasteiger partial charge in [0.1, 0.15) is 12.1 Å². The molecule has 24 heavy (non-hydrogen) atoms. The minimum Gasteiger partial charge on any atom is -0.494 e. The normalized spacial score (nSPS) is 10.8. The molecule has 0 spiro atoms. The summed E-state index contributed by atoms with van der Waals surface area (Å²) in [6.07, 6.45) is 0. The molecule has 1 aromatic heterocycles. The summed E-state index contributed by atoms with van der Waals surface area (Å²) >= 11 is 0. The monoisotopic (exact) mass is 329 g/mol. The number of hydrogen-bond acceptors (Lipinski definition) is 5. The summed E-state index contributed by atoms with van der Waals surface area (Å²) in [6, 6.07) is 9.49. The minimum atomic E-state index is -0.501. The largest absolute Gasteiger partial charge is 0.494 e. The lowest BCUT2D eigenvalue weighted by Gasteiger charge is -2.07.